The predicted molar refractivity (Wildman–Crippen MR) is 84.9 cm³/mol. The first-order valence-corrected chi connectivity index (χ1v) is 7.85. The summed E-state index contributed by atoms with van der Waals surface area (Å²) in [5.74, 6) is 0.0111. The lowest BCUT2D eigenvalue weighted by Crippen LogP contribution is -2.19. The highest BCUT2D eigenvalue weighted by Gasteiger charge is 2.25. The van der Waals surface area contributed by atoms with Crippen LogP contribution in [0.4, 0.5) is 0 Å². The van der Waals surface area contributed by atoms with Gasteiger partial charge in [0.05, 0.1) is 12.0 Å². The van der Waals surface area contributed by atoms with Crippen molar-refractivity contribution in [2.75, 3.05) is 0 Å². The van der Waals surface area contributed by atoms with E-state index in [0.717, 1.165) is 14.5 Å². The standard InChI is InChI=1S/C14H14Br2N2O3/c1-14(2,7-12(19)20)6-11-17-18-13(21-11)9-4-3-8(15)5-10(9)16/h3-5H,6-7H2,1-2H3,(H,19,20). The predicted octanol–water partition coefficient (Wildman–Crippen LogP) is 4.31. The van der Waals surface area contributed by atoms with Crippen LogP contribution in [0.1, 0.15) is 26.2 Å². The Morgan fingerprint density at radius 1 is 1.33 bits per heavy atom. The quantitative estimate of drug-likeness (QED) is 0.784. The average Bonchev–Trinajstić information content (AvgIpc) is 2.74. The van der Waals surface area contributed by atoms with Crippen molar-refractivity contribution in [1.29, 1.82) is 0 Å². The molecule has 21 heavy (non-hydrogen) atoms. The topological polar surface area (TPSA) is 76.2 Å². The summed E-state index contributed by atoms with van der Waals surface area (Å²) in [7, 11) is 0. The maximum absolute atomic E-state index is 10.8. The molecule has 7 heteroatoms. The molecule has 0 fully saturated rings. The van der Waals surface area contributed by atoms with Crippen LogP contribution in [0.25, 0.3) is 11.5 Å². The van der Waals surface area contributed by atoms with Crippen LogP contribution in [0, 0.1) is 5.41 Å². The smallest absolute Gasteiger partial charge is 0.303 e. The minimum Gasteiger partial charge on any atom is -0.481 e. The van der Waals surface area contributed by atoms with Crippen LogP contribution in [0.3, 0.4) is 0 Å². The first-order chi connectivity index (χ1) is 9.77. The Hall–Kier alpha value is -1.21. The van der Waals surface area contributed by atoms with Gasteiger partial charge in [0.25, 0.3) is 0 Å². The van der Waals surface area contributed by atoms with Gasteiger partial charge in [-0.15, -0.1) is 10.2 Å². The van der Waals surface area contributed by atoms with Crippen molar-refractivity contribution in [1.82, 2.24) is 10.2 Å². The highest BCUT2D eigenvalue weighted by atomic mass is 79.9. The molecule has 1 heterocycles. The normalized spacial score (nSPS) is 11.6. The fourth-order valence-electron chi connectivity index (χ4n) is 1.98. The minimum absolute atomic E-state index is 0.0483. The van der Waals surface area contributed by atoms with E-state index in [2.05, 4.69) is 42.1 Å². The molecule has 0 bridgehead atoms. The Bertz CT molecular complexity index is 668. The van der Waals surface area contributed by atoms with Crippen molar-refractivity contribution in [3.05, 3.63) is 33.0 Å². The first kappa shape index (κ1) is 16.2. The summed E-state index contributed by atoms with van der Waals surface area (Å²) in [4.78, 5) is 10.8. The first-order valence-electron chi connectivity index (χ1n) is 6.26. The van der Waals surface area contributed by atoms with Crippen molar-refractivity contribution in [3.63, 3.8) is 0 Å². The monoisotopic (exact) mass is 416 g/mol. The zero-order chi connectivity index (χ0) is 15.6. The molecule has 0 saturated heterocycles. The fourth-order valence-corrected chi connectivity index (χ4v) is 3.19. The molecule has 0 aliphatic heterocycles. The van der Waals surface area contributed by atoms with E-state index >= 15 is 0 Å². The Labute approximate surface area is 139 Å². The van der Waals surface area contributed by atoms with Gasteiger partial charge < -0.3 is 9.52 Å². The number of carboxylic acids is 1. The summed E-state index contributed by atoms with van der Waals surface area (Å²) in [5, 5.41) is 16.9. The highest BCUT2D eigenvalue weighted by Crippen LogP contribution is 2.31. The fraction of sp³-hybridized carbons (Fsp3) is 0.357. The largest absolute Gasteiger partial charge is 0.481 e. The van der Waals surface area contributed by atoms with E-state index in [9.17, 15) is 4.79 Å². The Morgan fingerprint density at radius 2 is 2.05 bits per heavy atom. The van der Waals surface area contributed by atoms with E-state index < -0.39 is 11.4 Å². The lowest BCUT2D eigenvalue weighted by atomic mass is 9.86. The average molecular weight is 418 g/mol. The van der Waals surface area contributed by atoms with E-state index in [1.165, 1.54) is 0 Å². The second-order valence-corrected chi connectivity index (χ2v) is 7.31. The van der Waals surface area contributed by atoms with E-state index in [-0.39, 0.29) is 6.42 Å². The Morgan fingerprint density at radius 3 is 2.67 bits per heavy atom. The number of hydrogen-bond acceptors (Lipinski definition) is 4. The minimum atomic E-state index is -0.838. The molecule has 2 aromatic rings. The van der Waals surface area contributed by atoms with Gasteiger partial charge in [-0.1, -0.05) is 29.8 Å². The summed E-state index contributed by atoms with van der Waals surface area (Å²) in [6, 6.07) is 5.65. The zero-order valence-corrected chi connectivity index (χ0v) is 14.7. The van der Waals surface area contributed by atoms with Crippen molar-refractivity contribution in [2.24, 2.45) is 5.41 Å². The van der Waals surface area contributed by atoms with Gasteiger partial charge in [-0.3, -0.25) is 4.79 Å². The summed E-state index contributed by atoms with van der Waals surface area (Å²) in [6.07, 6.45) is 0.465. The molecule has 112 valence electrons. The molecule has 1 aromatic heterocycles. The maximum Gasteiger partial charge on any atom is 0.303 e. The lowest BCUT2D eigenvalue weighted by Gasteiger charge is -2.19. The molecule has 0 aliphatic carbocycles. The molecule has 0 aliphatic rings. The van der Waals surface area contributed by atoms with Crippen LogP contribution < -0.4 is 0 Å². The van der Waals surface area contributed by atoms with Crippen molar-refractivity contribution in [3.8, 4) is 11.5 Å². The van der Waals surface area contributed by atoms with E-state index in [4.69, 9.17) is 9.52 Å². The molecule has 2 rings (SSSR count). The van der Waals surface area contributed by atoms with E-state index in [1.807, 2.05) is 32.0 Å². The lowest BCUT2D eigenvalue weighted by molar-refractivity contribution is -0.139. The summed E-state index contributed by atoms with van der Waals surface area (Å²) >= 11 is 6.84. The molecular formula is C14H14Br2N2O3. The molecule has 0 radical (unpaired) electrons. The van der Waals surface area contributed by atoms with Gasteiger partial charge in [0.1, 0.15) is 0 Å². The molecule has 0 amide bonds. The van der Waals surface area contributed by atoms with Crippen molar-refractivity contribution >= 4 is 37.8 Å². The van der Waals surface area contributed by atoms with Crippen LogP contribution in [0.5, 0.6) is 0 Å². The van der Waals surface area contributed by atoms with Gasteiger partial charge in [-0.2, -0.15) is 0 Å². The van der Waals surface area contributed by atoms with Crippen molar-refractivity contribution in [2.45, 2.75) is 26.7 Å². The summed E-state index contributed by atoms with van der Waals surface area (Å²) in [6.45, 7) is 3.72. The van der Waals surface area contributed by atoms with Gasteiger partial charge in [0, 0.05) is 15.4 Å². The number of carboxylic acid groups (broad SMARTS) is 1. The van der Waals surface area contributed by atoms with E-state index in [1.54, 1.807) is 0 Å². The number of carbonyl (C=O) groups is 1. The number of benzene rings is 1. The number of aromatic nitrogens is 2. The maximum atomic E-state index is 10.8. The molecule has 5 nitrogen and oxygen atoms in total. The molecular weight excluding hydrogens is 404 g/mol. The third-order valence-corrected chi connectivity index (χ3v) is 4.04. The highest BCUT2D eigenvalue weighted by molar-refractivity contribution is 9.11. The summed E-state index contributed by atoms with van der Waals surface area (Å²) < 4.78 is 7.44. The van der Waals surface area contributed by atoms with E-state index in [0.29, 0.717) is 18.2 Å². The molecule has 0 saturated carbocycles. The van der Waals surface area contributed by atoms with Crippen molar-refractivity contribution < 1.29 is 14.3 Å². The second-order valence-electron chi connectivity index (χ2n) is 5.54. The number of hydrogen-bond donors (Lipinski definition) is 1. The third kappa shape index (κ3) is 4.38. The Kier molecular flexibility index (Phi) is 4.83. The number of nitrogens with zero attached hydrogens (tertiary/aromatic N) is 2. The second kappa shape index (κ2) is 6.27. The van der Waals surface area contributed by atoms with Gasteiger partial charge in [0.2, 0.25) is 11.8 Å². The number of rotatable bonds is 5. The summed E-state index contributed by atoms with van der Waals surface area (Å²) in [5.41, 5.74) is 0.361. The number of halogens is 2. The molecule has 1 N–H and O–H groups in total. The van der Waals surface area contributed by atoms with Crippen LogP contribution in [-0.2, 0) is 11.2 Å². The molecule has 1 aromatic carbocycles. The van der Waals surface area contributed by atoms with Gasteiger partial charge >= 0.3 is 5.97 Å². The SMILES string of the molecule is CC(C)(CC(=O)O)Cc1nnc(-c2ccc(Br)cc2Br)o1. The van der Waals surface area contributed by atoms with Crippen LogP contribution in [0.2, 0.25) is 0 Å². The third-order valence-electron chi connectivity index (χ3n) is 2.89. The molecule has 0 spiro atoms. The zero-order valence-electron chi connectivity index (χ0n) is 11.6. The van der Waals surface area contributed by atoms with Gasteiger partial charge in [0.15, 0.2) is 0 Å². The Balaban J connectivity index is 2.20. The van der Waals surface area contributed by atoms with Gasteiger partial charge in [-0.05, 0) is 39.5 Å². The van der Waals surface area contributed by atoms with Crippen LogP contribution in [0.15, 0.2) is 31.6 Å². The molecule has 0 atom stereocenters. The number of aliphatic carboxylic acids is 1. The van der Waals surface area contributed by atoms with Crippen LogP contribution in [-0.4, -0.2) is 21.3 Å². The van der Waals surface area contributed by atoms with Crippen LogP contribution >= 0.6 is 31.9 Å². The van der Waals surface area contributed by atoms with Gasteiger partial charge in [-0.25, -0.2) is 0 Å². The molecule has 0 unspecified atom stereocenters.